The van der Waals surface area contributed by atoms with Crippen molar-refractivity contribution in [1.82, 2.24) is 14.7 Å². The molecule has 0 atom stereocenters. The van der Waals surface area contributed by atoms with Crippen LogP contribution in [0.3, 0.4) is 0 Å². The van der Waals surface area contributed by atoms with Gasteiger partial charge in [0.15, 0.2) is 0 Å². The number of benzene rings is 2. The Kier molecular flexibility index (Phi) is 6.47. The van der Waals surface area contributed by atoms with Gasteiger partial charge in [0.25, 0.3) is 10.0 Å². The third kappa shape index (κ3) is 5.39. The third-order valence-corrected chi connectivity index (χ3v) is 7.33. The van der Waals surface area contributed by atoms with Gasteiger partial charge in [-0.15, -0.1) is 0 Å². The van der Waals surface area contributed by atoms with Gasteiger partial charge < -0.3 is 10.2 Å². The van der Waals surface area contributed by atoms with E-state index in [2.05, 4.69) is 24.3 Å². The van der Waals surface area contributed by atoms with Gasteiger partial charge in [-0.2, -0.15) is 4.37 Å². The Labute approximate surface area is 188 Å². The molecule has 0 radical (unpaired) electrons. The highest BCUT2D eigenvalue weighted by Crippen LogP contribution is 2.25. The number of hydrogen-bond donors (Lipinski definition) is 2. The Morgan fingerprint density at radius 3 is 2.45 bits per heavy atom. The number of sulfonamides is 1. The maximum absolute atomic E-state index is 12.5. The number of aromatic nitrogens is 2. The summed E-state index contributed by atoms with van der Waals surface area (Å²) in [6.45, 7) is 2.04. The van der Waals surface area contributed by atoms with Crippen LogP contribution < -0.4 is 14.9 Å². The largest absolute Gasteiger partial charge is 0.371 e. The molecule has 8 nitrogen and oxygen atoms in total. The monoisotopic (exact) mass is 461 g/mol. The summed E-state index contributed by atoms with van der Waals surface area (Å²) >= 11 is 0.983. The van der Waals surface area contributed by atoms with Crippen LogP contribution in [0.15, 0.2) is 65.8 Å². The first-order valence-electron chi connectivity index (χ1n) is 9.97. The standard InChI is InChI=1S/C21H23N5O3S2.2H2/c27-20(22-14-16-4-2-1-3-5-16)17-10-12-26(13-11-17)18-6-8-19(9-7-18)31(28,29)25-21-23-15-24-30-21;;/h1-9,15,17H,10-14H2,(H,22,27)(H,23,24,25);2*1H. The lowest BCUT2D eigenvalue weighted by molar-refractivity contribution is -0.125. The lowest BCUT2D eigenvalue weighted by Gasteiger charge is -2.33. The number of amides is 1. The molecule has 2 N–H and O–H groups in total. The van der Waals surface area contributed by atoms with Crippen LogP contribution >= 0.6 is 11.5 Å². The zero-order valence-corrected chi connectivity index (χ0v) is 18.4. The Bertz CT molecular complexity index is 1110. The minimum absolute atomic E-state index is 0. The molecule has 1 aromatic heterocycles. The smallest absolute Gasteiger partial charge is 0.263 e. The van der Waals surface area contributed by atoms with Crippen LogP contribution in [-0.2, 0) is 21.4 Å². The molecule has 1 amide bonds. The van der Waals surface area contributed by atoms with Gasteiger partial charge in [-0.3, -0.25) is 9.52 Å². The highest BCUT2D eigenvalue weighted by Gasteiger charge is 2.25. The van der Waals surface area contributed by atoms with E-state index in [-0.39, 0.29) is 24.7 Å². The second-order valence-corrected chi connectivity index (χ2v) is 9.77. The fourth-order valence-corrected chi connectivity index (χ4v) is 5.22. The maximum atomic E-state index is 12.5. The Morgan fingerprint density at radius 2 is 1.81 bits per heavy atom. The van der Waals surface area contributed by atoms with E-state index >= 15 is 0 Å². The summed E-state index contributed by atoms with van der Waals surface area (Å²) in [5.41, 5.74) is 2.03. The summed E-state index contributed by atoms with van der Waals surface area (Å²) in [4.78, 5) is 18.7. The number of anilines is 2. The van der Waals surface area contributed by atoms with Crippen molar-refractivity contribution in [3.63, 3.8) is 0 Å². The van der Waals surface area contributed by atoms with Gasteiger partial charge in [0.2, 0.25) is 11.0 Å². The van der Waals surface area contributed by atoms with Gasteiger partial charge >= 0.3 is 0 Å². The van der Waals surface area contributed by atoms with Gasteiger partial charge in [-0.25, -0.2) is 13.4 Å². The first kappa shape index (κ1) is 21.3. The topological polar surface area (TPSA) is 104 Å². The molecule has 166 valence electrons. The van der Waals surface area contributed by atoms with E-state index in [9.17, 15) is 13.2 Å². The van der Waals surface area contributed by atoms with Crippen molar-refractivity contribution in [2.45, 2.75) is 24.3 Å². The Hall–Kier alpha value is -2.98. The summed E-state index contributed by atoms with van der Waals surface area (Å²) < 4.78 is 31.1. The number of carbonyl (C=O) groups is 1. The number of carbonyl (C=O) groups excluding carboxylic acids is 1. The number of rotatable bonds is 7. The minimum Gasteiger partial charge on any atom is -0.371 e. The lowest BCUT2D eigenvalue weighted by Crippen LogP contribution is -2.40. The molecule has 0 spiro atoms. The van der Waals surface area contributed by atoms with Crippen molar-refractivity contribution in [2.75, 3.05) is 22.7 Å². The number of nitrogens with one attached hydrogen (secondary N) is 2. The molecule has 0 bridgehead atoms. The molecule has 0 saturated carbocycles. The predicted molar refractivity (Wildman–Crippen MR) is 125 cm³/mol. The van der Waals surface area contributed by atoms with Crippen molar-refractivity contribution < 1.29 is 16.1 Å². The number of nitrogens with zero attached hydrogens (tertiary/aromatic N) is 3. The summed E-state index contributed by atoms with van der Waals surface area (Å²) in [7, 11) is -3.69. The van der Waals surface area contributed by atoms with Crippen molar-refractivity contribution in [3.05, 3.63) is 66.5 Å². The highest BCUT2D eigenvalue weighted by atomic mass is 32.2. The fraction of sp³-hybridized carbons (Fsp3) is 0.286. The van der Waals surface area contributed by atoms with Gasteiger partial charge in [-0.05, 0) is 42.7 Å². The third-order valence-electron chi connectivity index (χ3n) is 5.27. The van der Waals surface area contributed by atoms with E-state index in [1.54, 1.807) is 24.3 Å². The maximum Gasteiger partial charge on any atom is 0.263 e. The molecular formula is C21H27N5O3S2. The van der Waals surface area contributed by atoms with E-state index in [0.29, 0.717) is 6.54 Å². The molecule has 2 heterocycles. The van der Waals surface area contributed by atoms with Crippen molar-refractivity contribution >= 4 is 38.3 Å². The van der Waals surface area contributed by atoms with Gasteiger partial charge in [0, 0.05) is 45.6 Å². The van der Waals surface area contributed by atoms with Crippen LogP contribution in [0, 0.1) is 5.92 Å². The second-order valence-electron chi connectivity index (χ2n) is 7.31. The van der Waals surface area contributed by atoms with E-state index in [0.717, 1.165) is 48.7 Å². The van der Waals surface area contributed by atoms with Crippen LogP contribution in [0.2, 0.25) is 0 Å². The summed E-state index contributed by atoms with van der Waals surface area (Å²) in [5.74, 6) is 0.0865. The molecule has 1 saturated heterocycles. The second kappa shape index (κ2) is 9.44. The van der Waals surface area contributed by atoms with E-state index in [4.69, 9.17) is 0 Å². The van der Waals surface area contributed by atoms with Crippen LogP contribution in [0.4, 0.5) is 10.8 Å². The predicted octanol–water partition coefficient (Wildman–Crippen LogP) is 3.36. The zero-order valence-electron chi connectivity index (χ0n) is 16.8. The average molecular weight is 462 g/mol. The van der Waals surface area contributed by atoms with Gasteiger partial charge in [0.05, 0.1) is 4.90 Å². The molecule has 31 heavy (non-hydrogen) atoms. The van der Waals surface area contributed by atoms with Crippen molar-refractivity contribution in [2.24, 2.45) is 5.92 Å². The van der Waals surface area contributed by atoms with E-state index < -0.39 is 10.0 Å². The molecule has 0 aliphatic carbocycles. The highest BCUT2D eigenvalue weighted by molar-refractivity contribution is 7.93. The molecule has 1 aliphatic rings. The molecule has 1 fully saturated rings. The molecule has 10 heteroatoms. The normalized spacial score (nSPS) is 14.9. The fourth-order valence-electron chi connectivity index (χ4n) is 3.56. The molecule has 3 aromatic rings. The summed E-state index contributed by atoms with van der Waals surface area (Å²) in [6, 6.07) is 16.6. The first-order chi connectivity index (χ1) is 15.0. The SMILES string of the molecule is O=C(NCc1ccccc1)C1CCN(c2ccc(S(=O)(=O)Nc3ncns3)cc2)CC1.[HH].[HH]. The molecular weight excluding hydrogens is 434 g/mol. The van der Waals surface area contributed by atoms with Crippen LogP contribution in [0.5, 0.6) is 0 Å². The number of piperidine rings is 1. The van der Waals surface area contributed by atoms with Gasteiger partial charge in [-0.1, -0.05) is 30.3 Å². The van der Waals surface area contributed by atoms with Crippen molar-refractivity contribution in [1.29, 1.82) is 0 Å². The zero-order chi connectivity index (χ0) is 21.7. The van der Waals surface area contributed by atoms with E-state index in [1.807, 2.05) is 30.3 Å². The Morgan fingerprint density at radius 1 is 1.10 bits per heavy atom. The molecule has 4 rings (SSSR count). The van der Waals surface area contributed by atoms with Crippen molar-refractivity contribution in [3.8, 4) is 0 Å². The molecule has 1 aliphatic heterocycles. The Balaban J connectivity index is 0.00000193. The van der Waals surface area contributed by atoms with E-state index in [1.165, 1.54) is 6.33 Å². The molecule has 2 aromatic carbocycles. The lowest BCUT2D eigenvalue weighted by atomic mass is 9.95. The first-order valence-corrected chi connectivity index (χ1v) is 12.2. The average Bonchev–Trinajstić information content (AvgIpc) is 3.31. The minimum atomic E-state index is -3.69. The van der Waals surface area contributed by atoms with Gasteiger partial charge in [0.1, 0.15) is 6.33 Å². The van der Waals surface area contributed by atoms with Crippen LogP contribution in [0.25, 0.3) is 0 Å². The van der Waals surface area contributed by atoms with Crippen LogP contribution in [0.1, 0.15) is 21.3 Å². The molecule has 0 unspecified atom stereocenters. The summed E-state index contributed by atoms with van der Waals surface area (Å²) in [6.07, 6.45) is 2.83. The quantitative estimate of drug-likeness (QED) is 0.559. The van der Waals surface area contributed by atoms with Crippen LogP contribution in [-0.4, -0.2) is 36.8 Å². The summed E-state index contributed by atoms with van der Waals surface area (Å²) in [5, 5.41) is 3.26. The number of hydrogen-bond acceptors (Lipinski definition) is 7.